The second kappa shape index (κ2) is 14.3. The SMILES string of the molecule is CCCS(=O)(=O)N(CCOC)CC(=O)N(Cc1cccc(Cl)c1)C1CCN(C(=O)c2ccc3ccccc3c2)CC1. The van der Waals surface area contributed by atoms with Gasteiger partial charge in [0.2, 0.25) is 15.9 Å². The van der Waals surface area contributed by atoms with E-state index in [2.05, 4.69) is 0 Å². The summed E-state index contributed by atoms with van der Waals surface area (Å²) in [6.07, 6.45) is 1.63. The molecule has 1 saturated heterocycles. The van der Waals surface area contributed by atoms with E-state index < -0.39 is 10.0 Å². The smallest absolute Gasteiger partial charge is 0.253 e. The Hall–Kier alpha value is -2.98. The highest BCUT2D eigenvalue weighted by Gasteiger charge is 2.33. The number of halogens is 1. The maximum Gasteiger partial charge on any atom is 0.253 e. The van der Waals surface area contributed by atoms with E-state index in [9.17, 15) is 18.0 Å². The summed E-state index contributed by atoms with van der Waals surface area (Å²) in [6, 6.07) is 20.9. The molecule has 0 bridgehead atoms. The molecule has 0 aliphatic carbocycles. The van der Waals surface area contributed by atoms with Crippen LogP contribution in [-0.4, -0.2) is 86.0 Å². The Bertz CT molecular complexity index is 1460. The minimum atomic E-state index is -3.62. The predicted octanol–water partition coefficient (Wildman–Crippen LogP) is 4.81. The molecule has 1 heterocycles. The summed E-state index contributed by atoms with van der Waals surface area (Å²) in [5.74, 6) is -0.341. The van der Waals surface area contributed by atoms with E-state index in [4.69, 9.17) is 16.3 Å². The number of rotatable bonds is 12. The van der Waals surface area contributed by atoms with Crippen LogP contribution in [-0.2, 0) is 26.1 Å². The van der Waals surface area contributed by atoms with Crippen molar-refractivity contribution in [2.24, 2.45) is 0 Å². The van der Waals surface area contributed by atoms with Crippen LogP contribution in [0.3, 0.4) is 0 Å². The van der Waals surface area contributed by atoms with Gasteiger partial charge in [0.1, 0.15) is 0 Å². The zero-order valence-electron chi connectivity index (χ0n) is 23.7. The minimum Gasteiger partial charge on any atom is -0.383 e. The normalized spacial score (nSPS) is 14.5. The highest BCUT2D eigenvalue weighted by molar-refractivity contribution is 7.89. The number of carbonyl (C=O) groups excluding carboxylic acids is 2. The topological polar surface area (TPSA) is 87.2 Å². The van der Waals surface area contributed by atoms with Crippen LogP contribution < -0.4 is 0 Å². The number of carbonyl (C=O) groups is 2. The van der Waals surface area contributed by atoms with Crippen molar-refractivity contribution < 1.29 is 22.7 Å². The maximum atomic E-state index is 13.8. The Labute approximate surface area is 247 Å². The van der Waals surface area contributed by atoms with Gasteiger partial charge in [-0.05, 0) is 59.9 Å². The number of fused-ring (bicyclic) bond motifs is 1. The first-order valence-electron chi connectivity index (χ1n) is 14.0. The number of likely N-dealkylation sites (tertiary alicyclic amines) is 1. The standard InChI is InChI=1S/C31H38ClN3O5S/c1-3-19-41(38,39)34(17-18-40-2)23-30(36)35(22-24-7-6-10-28(32)20-24)29-13-15-33(16-14-29)31(37)27-12-11-25-8-4-5-9-26(25)21-27/h4-12,20-21,29H,3,13-19,22-23H2,1-2H3. The van der Waals surface area contributed by atoms with Crippen molar-refractivity contribution in [3.8, 4) is 0 Å². The molecule has 4 rings (SSSR count). The summed E-state index contributed by atoms with van der Waals surface area (Å²) in [6.45, 7) is 3.13. The Morgan fingerprint density at radius 3 is 2.41 bits per heavy atom. The lowest BCUT2D eigenvalue weighted by Crippen LogP contribution is -2.51. The van der Waals surface area contributed by atoms with Crippen molar-refractivity contribution >= 4 is 44.2 Å². The number of methoxy groups -OCH3 is 1. The molecule has 1 aliphatic heterocycles. The molecule has 1 fully saturated rings. The molecule has 0 radical (unpaired) electrons. The molecule has 8 nitrogen and oxygen atoms in total. The van der Waals surface area contributed by atoms with Gasteiger partial charge >= 0.3 is 0 Å². The van der Waals surface area contributed by atoms with Crippen molar-refractivity contribution in [3.63, 3.8) is 0 Å². The number of hydrogen-bond donors (Lipinski definition) is 0. The number of hydrogen-bond acceptors (Lipinski definition) is 5. The van der Waals surface area contributed by atoms with Crippen molar-refractivity contribution in [1.29, 1.82) is 0 Å². The zero-order valence-corrected chi connectivity index (χ0v) is 25.2. The second-order valence-electron chi connectivity index (χ2n) is 10.4. The van der Waals surface area contributed by atoms with Crippen LogP contribution in [0.25, 0.3) is 10.8 Å². The average molecular weight is 600 g/mol. The van der Waals surface area contributed by atoms with Crippen LogP contribution in [0.1, 0.15) is 42.1 Å². The molecular formula is C31H38ClN3O5S. The van der Waals surface area contributed by atoms with Gasteiger partial charge in [-0.1, -0.05) is 61.0 Å². The molecule has 10 heteroatoms. The van der Waals surface area contributed by atoms with Crippen LogP contribution >= 0.6 is 11.6 Å². The Balaban J connectivity index is 1.50. The van der Waals surface area contributed by atoms with Gasteiger partial charge in [0.15, 0.2) is 0 Å². The summed E-state index contributed by atoms with van der Waals surface area (Å²) < 4.78 is 32.2. The average Bonchev–Trinajstić information content (AvgIpc) is 2.97. The lowest BCUT2D eigenvalue weighted by Gasteiger charge is -2.39. The van der Waals surface area contributed by atoms with Gasteiger partial charge in [-0.2, -0.15) is 4.31 Å². The molecule has 0 unspecified atom stereocenters. The van der Waals surface area contributed by atoms with Crippen molar-refractivity contribution in [1.82, 2.24) is 14.1 Å². The molecule has 1 aliphatic rings. The van der Waals surface area contributed by atoms with Gasteiger partial charge in [-0.25, -0.2) is 8.42 Å². The Kier molecular flexibility index (Phi) is 10.8. The third-order valence-corrected chi connectivity index (χ3v) is 9.72. The molecule has 0 N–H and O–H groups in total. The van der Waals surface area contributed by atoms with E-state index in [1.807, 2.05) is 65.6 Å². The number of piperidine rings is 1. The summed E-state index contributed by atoms with van der Waals surface area (Å²) >= 11 is 6.23. The van der Waals surface area contributed by atoms with Crippen molar-refractivity contribution in [2.75, 3.05) is 45.6 Å². The van der Waals surface area contributed by atoms with Crippen LogP contribution in [0.5, 0.6) is 0 Å². The summed E-state index contributed by atoms with van der Waals surface area (Å²) in [4.78, 5) is 30.7. The number of amides is 2. The van der Waals surface area contributed by atoms with E-state index in [-0.39, 0.29) is 43.3 Å². The van der Waals surface area contributed by atoms with Gasteiger partial charge in [-0.15, -0.1) is 0 Å². The molecule has 3 aromatic carbocycles. The first kappa shape index (κ1) is 31.0. The first-order chi connectivity index (χ1) is 19.7. The van der Waals surface area contributed by atoms with Crippen molar-refractivity contribution in [2.45, 2.75) is 38.8 Å². The quantitative estimate of drug-likeness (QED) is 0.298. The summed E-state index contributed by atoms with van der Waals surface area (Å²) in [5.41, 5.74) is 1.50. The number of sulfonamides is 1. The second-order valence-corrected chi connectivity index (χ2v) is 12.9. The fourth-order valence-electron chi connectivity index (χ4n) is 5.28. The summed E-state index contributed by atoms with van der Waals surface area (Å²) in [7, 11) is -2.11. The predicted molar refractivity (Wildman–Crippen MR) is 162 cm³/mol. The molecule has 2 amide bonds. The zero-order chi connectivity index (χ0) is 29.4. The lowest BCUT2D eigenvalue weighted by molar-refractivity contribution is -0.135. The van der Waals surface area contributed by atoms with Crippen molar-refractivity contribution in [3.05, 3.63) is 82.9 Å². The van der Waals surface area contributed by atoms with Crippen LogP contribution in [0.4, 0.5) is 0 Å². The number of benzene rings is 3. The Morgan fingerprint density at radius 1 is 1.00 bits per heavy atom. The van der Waals surface area contributed by atoms with Crippen LogP contribution in [0.2, 0.25) is 5.02 Å². The fourth-order valence-corrected chi connectivity index (χ4v) is 6.92. The lowest BCUT2D eigenvalue weighted by atomic mass is 10.00. The molecule has 41 heavy (non-hydrogen) atoms. The highest BCUT2D eigenvalue weighted by atomic mass is 35.5. The molecule has 0 spiro atoms. The van der Waals surface area contributed by atoms with E-state index in [0.717, 1.165) is 16.3 Å². The Morgan fingerprint density at radius 2 is 1.73 bits per heavy atom. The van der Waals surface area contributed by atoms with Gasteiger partial charge in [-0.3, -0.25) is 9.59 Å². The summed E-state index contributed by atoms with van der Waals surface area (Å²) in [5, 5.41) is 2.67. The molecule has 0 saturated carbocycles. The maximum absolute atomic E-state index is 13.8. The third-order valence-electron chi connectivity index (χ3n) is 7.46. The van der Waals surface area contributed by atoms with E-state index in [1.165, 1.54) is 11.4 Å². The third kappa shape index (κ3) is 8.07. The number of ether oxygens (including phenoxy) is 1. The van der Waals surface area contributed by atoms with Crippen LogP contribution in [0.15, 0.2) is 66.7 Å². The minimum absolute atomic E-state index is 0.0293. The largest absolute Gasteiger partial charge is 0.383 e. The molecule has 0 aromatic heterocycles. The number of nitrogens with zero attached hydrogens (tertiary/aromatic N) is 3. The molecular weight excluding hydrogens is 562 g/mol. The van der Waals surface area contributed by atoms with E-state index in [1.54, 1.807) is 17.9 Å². The highest BCUT2D eigenvalue weighted by Crippen LogP contribution is 2.24. The van der Waals surface area contributed by atoms with Gasteiger partial charge < -0.3 is 14.5 Å². The molecule has 0 atom stereocenters. The van der Waals surface area contributed by atoms with Gasteiger partial charge in [0.05, 0.1) is 18.9 Å². The van der Waals surface area contributed by atoms with E-state index in [0.29, 0.717) is 49.5 Å². The van der Waals surface area contributed by atoms with Gasteiger partial charge in [0, 0.05) is 49.9 Å². The van der Waals surface area contributed by atoms with Crippen LogP contribution in [0, 0.1) is 0 Å². The molecule has 3 aromatic rings. The molecule has 220 valence electrons. The van der Waals surface area contributed by atoms with Gasteiger partial charge in [0.25, 0.3) is 5.91 Å². The first-order valence-corrected chi connectivity index (χ1v) is 16.0. The fraction of sp³-hybridized carbons (Fsp3) is 0.419. The van der Waals surface area contributed by atoms with E-state index >= 15 is 0 Å². The monoisotopic (exact) mass is 599 g/mol.